The molecule has 0 bridgehead atoms. The van der Waals surface area contributed by atoms with Gasteiger partial charge in [-0.1, -0.05) is 0 Å². The molecule has 0 fully saturated rings. The Hall–Kier alpha value is 3.16. The Balaban J connectivity index is -0.00000000300. The van der Waals surface area contributed by atoms with Crippen molar-refractivity contribution >= 4 is 67.6 Å². The normalized spacial score (nSPS) is 3.57. The minimum absolute atomic E-state index is 0. The summed E-state index contributed by atoms with van der Waals surface area (Å²) in [5, 5.41) is 7.42. The van der Waals surface area contributed by atoms with Crippen LogP contribution in [0.5, 0.6) is 0 Å². The van der Waals surface area contributed by atoms with Gasteiger partial charge in [-0.3, -0.25) is 4.79 Å². The summed E-state index contributed by atoms with van der Waals surface area (Å²) < 4.78 is 0. The van der Waals surface area contributed by atoms with Gasteiger partial charge in [-0.15, -0.1) is 0 Å². The van der Waals surface area contributed by atoms with E-state index in [-0.39, 0.29) is 117 Å². The molecule has 0 unspecified atom stereocenters. The van der Waals surface area contributed by atoms with Gasteiger partial charge in [0.1, 0.15) is 0 Å². The summed E-state index contributed by atoms with van der Waals surface area (Å²) in [4.78, 5) is 9.00. The van der Waals surface area contributed by atoms with Gasteiger partial charge in [-0.2, -0.15) is 0 Å². The van der Waals surface area contributed by atoms with Gasteiger partial charge in [0.15, 0.2) is 0 Å². The Labute approximate surface area is 137 Å². The number of hydrogen-bond donors (Lipinski definition) is 1. The van der Waals surface area contributed by atoms with E-state index >= 15 is 0 Å². The van der Waals surface area contributed by atoms with Gasteiger partial charge in [0.2, 0.25) is 0 Å². The van der Waals surface area contributed by atoms with Crippen molar-refractivity contribution in [3.63, 3.8) is 0 Å². The molecule has 1 N–H and O–H groups in total. The Morgan fingerprint density at radius 2 is 1.71 bits per heavy atom. The van der Waals surface area contributed by atoms with Crippen molar-refractivity contribution in [3.05, 3.63) is 0 Å². The van der Waals surface area contributed by atoms with Crippen LogP contribution in [-0.4, -0.2) is 72.7 Å². The van der Waals surface area contributed by atoms with E-state index < -0.39 is 5.97 Å². The molecule has 2 radical (unpaired) electrons. The molecule has 7 heavy (non-hydrogen) atoms. The number of carbonyl (C=O) groups is 1. The minimum atomic E-state index is -0.833. The van der Waals surface area contributed by atoms with Crippen molar-refractivity contribution in [2.75, 3.05) is 0 Å². The molecule has 0 saturated carbocycles. The Morgan fingerprint density at radius 1 is 1.71 bits per heavy atom. The molecule has 36 valence electrons. The standard InChI is InChI=1S/C2H4O2.Ca.K.Sn.5H/c1-2(3)4;;;;;;;;/h1H3,(H,3,4);;;;;;;;/q;+2;+1;;;;3*-1. The van der Waals surface area contributed by atoms with Gasteiger partial charge in [0, 0.05) is 6.92 Å². The molecule has 2 nitrogen and oxygen atoms in total. The van der Waals surface area contributed by atoms with Crippen molar-refractivity contribution in [3.8, 4) is 0 Å². The van der Waals surface area contributed by atoms with Gasteiger partial charge in [0.25, 0.3) is 5.97 Å². The second kappa shape index (κ2) is 16.1. The average Bonchev–Trinajstić information content (AvgIpc) is 0.811. The SMILES string of the molecule is CC(=O)O.[Ca+2].[H-].[H-].[H-].[K+].[SnH2]. The van der Waals surface area contributed by atoms with E-state index in [1.807, 2.05) is 0 Å². The molecule has 5 heteroatoms. The Kier molecular flexibility index (Phi) is 51.6. The number of carboxylic acid groups (broad SMARTS) is 1. The molecule has 0 amide bonds. The number of carboxylic acids is 1. The van der Waals surface area contributed by atoms with Crippen LogP contribution in [-0.2, 0) is 4.79 Å². The fraction of sp³-hybridized carbons (Fsp3) is 0.500. The molecule has 0 aromatic carbocycles. The van der Waals surface area contributed by atoms with E-state index in [9.17, 15) is 0 Å². The van der Waals surface area contributed by atoms with Crippen LogP contribution in [0.25, 0.3) is 0 Å². The fourth-order valence-corrected chi connectivity index (χ4v) is 0. The van der Waals surface area contributed by atoms with Gasteiger partial charge >= 0.3 is 113 Å². The summed E-state index contributed by atoms with van der Waals surface area (Å²) in [6, 6.07) is 0. The van der Waals surface area contributed by atoms with Crippen LogP contribution in [0.1, 0.15) is 11.2 Å². The first-order chi connectivity index (χ1) is 1.73. The second-order valence-electron chi connectivity index (χ2n) is 0.519. The van der Waals surface area contributed by atoms with Gasteiger partial charge < -0.3 is 9.39 Å². The number of aliphatic carboxylic acids is 1. The van der Waals surface area contributed by atoms with Crippen LogP contribution >= 0.6 is 0 Å². The summed E-state index contributed by atoms with van der Waals surface area (Å²) in [6.07, 6.45) is 0. The third kappa shape index (κ3) is 47.0. The second-order valence-corrected chi connectivity index (χ2v) is 0.519. The van der Waals surface area contributed by atoms with Crippen LogP contribution < -0.4 is 51.4 Å². The summed E-state index contributed by atoms with van der Waals surface area (Å²) in [7, 11) is 0. The zero-order valence-corrected chi connectivity index (χ0v) is 14.1. The molecular formula is C2H9CaKO2Sn. The maximum atomic E-state index is 9.00. The van der Waals surface area contributed by atoms with Crippen molar-refractivity contribution < 1.29 is 65.6 Å². The number of rotatable bonds is 0. The maximum absolute atomic E-state index is 9.00. The van der Waals surface area contributed by atoms with E-state index in [0.717, 1.165) is 6.92 Å². The Morgan fingerprint density at radius 3 is 1.71 bits per heavy atom. The third-order valence-corrected chi connectivity index (χ3v) is 0. The monoisotopic (exact) mass is 264 g/mol. The van der Waals surface area contributed by atoms with Crippen molar-refractivity contribution in [2.45, 2.75) is 6.92 Å². The molecule has 0 spiro atoms. The van der Waals surface area contributed by atoms with Crippen molar-refractivity contribution in [1.82, 2.24) is 0 Å². The van der Waals surface area contributed by atoms with Crippen LogP contribution in [0.15, 0.2) is 0 Å². The van der Waals surface area contributed by atoms with Gasteiger partial charge in [-0.05, 0) is 0 Å². The summed E-state index contributed by atoms with van der Waals surface area (Å²) in [5.41, 5.74) is 0. The first-order valence-corrected chi connectivity index (χ1v) is 0.928. The zero-order chi connectivity index (χ0) is 3.58. The van der Waals surface area contributed by atoms with Gasteiger partial charge in [0.05, 0.1) is 0 Å². The van der Waals surface area contributed by atoms with E-state index in [4.69, 9.17) is 9.90 Å². The van der Waals surface area contributed by atoms with E-state index in [1.165, 1.54) is 0 Å². The molecule has 0 aliphatic heterocycles. The van der Waals surface area contributed by atoms with Gasteiger partial charge in [-0.25, -0.2) is 0 Å². The fourth-order valence-electron chi connectivity index (χ4n) is 0. The van der Waals surface area contributed by atoms with E-state index in [1.54, 1.807) is 0 Å². The molecule has 0 saturated heterocycles. The predicted molar refractivity (Wildman–Crippen MR) is 30.9 cm³/mol. The van der Waals surface area contributed by atoms with Crippen LogP contribution in [0.2, 0.25) is 0 Å². The summed E-state index contributed by atoms with van der Waals surface area (Å²) in [6.45, 7) is 1.08. The molecule has 0 aliphatic carbocycles. The van der Waals surface area contributed by atoms with Crippen molar-refractivity contribution in [1.29, 1.82) is 0 Å². The van der Waals surface area contributed by atoms with E-state index in [0.29, 0.717) is 0 Å². The first kappa shape index (κ1) is 22.5. The molecule has 0 heterocycles. The quantitative estimate of drug-likeness (QED) is 0.454. The molecule has 0 rings (SSSR count). The summed E-state index contributed by atoms with van der Waals surface area (Å²) >= 11 is 0. The van der Waals surface area contributed by atoms with Crippen LogP contribution in [0.4, 0.5) is 0 Å². The molecule has 0 aromatic rings. The molecule has 0 atom stereocenters. The molecular weight excluding hydrogens is 254 g/mol. The predicted octanol–water partition coefficient (Wildman–Crippen LogP) is -3.86. The third-order valence-electron chi connectivity index (χ3n) is 0. The number of hydrogen-bond acceptors (Lipinski definition) is 1. The molecule has 0 aromatic heterocycles. The first-order valence-electron chi connectivity index (χ1n) is 0.928. The van der Waals surface area contributed by atoms with E-state index in [2.05, 4.69) is 0 Å². The van der Waals surface area contributed by atoms with Crippen LogP contribution in [0.3, 0.4) is 0 Å². The topological polar surface area (TPSA) is 37.3 Å². The zero-order valence-electron chi connectivity index (χ0n) is 7.77. The Bertz CT molecular complexity index is 47.5. The molecule has 0 aliphatic rings. The van der Waals surface area contributed by atoms with Crippen molar-refractivity contribution in [2.24, 2.45) is 0 Å². The average molecular weight is 263 g/mol. The van der Waals surface area contributed by atoms with Crippen LogP contribution in [0, 0.1) is 0 Å². The summed E-state index contributed by atoms with van der Waals surface area (Å²) in [5.74, 6) is -0.833.